The summed E-state index contributed by atoms with van der Waals surface area (Å²) in [7, 11) is 0. The third kappa shape index (κ3) is 3.07. The quantitative estimate of drug-likeness (QED) is 0.853. The van der Waals surface area contributed by atoms with Gasteiger partial charge in [0.25, 0.3) is 0 Å². The van der Waals surface area contributed by atoms with Crippen LogP contribution in [0.5, 0.6) is 0 Å². The predicted molar refractivity (Wildman–Crippen MR) is 70.0 cm³/mol. The van der Waals surface area contributed by atoms with Crippen LogP contribution in [-0.4, -0.2) is 42.8 Å². The van der Waals surface area contributed by atoms with E-state index in [1.54, 1.807) is 0 Å². The van der Waals surface area contributed by atoms with E-state index in [0.717, 1.165) is 19.5 Å². The van der Waals surface area contributed by atoms with Gasteiger partial charge in [-0.15, -0.1) is 0 Å². The van der Waals surface area contributed by atoms with Crippen LogP contribution in [-0.2, 0) is 0 Å². The zero-order chi connectivity index (χ0) is 14.3. The van der Waals surface area contributed by atoms with Crippen LogP contribution in [0.2, 0.25) is 0 Å². The smallest absolute Gasteiger partial charge is 0.314 e. The van der Waals surface area contributed by atoms with E-state index >= 15 is 0 Å². The van der Waals surface area contributed by atoms with Crippen molar-refractivity contribution in [3.8, 4) is 0 Å². The lowest BCUT2D eigenvalue weighted by Gasteiger charge is -2.57. The summed E-state index contributed by atoms with van der Waals surface area (Å²) in [5.41, 5.74) is -0.0730. The molecule has 0 aromatic rings. The third-order valence-corrected chi connectivity index (χ3v) is 4.82. The van der Waals surface area contributed by atoms with Gasteiger partial charge in [0.2, 0.25) is 0 Å². The molecule has 2 rings (SSSR count). The molecule has 2 aliphatic rings. The second kappa shape index (κ2) is 5.24. The first-order valence-corrected chi connectivity index (χ1v) is 7.31. The van der Waals surface area contributed by atoms with E-state index in [1.807, 2.05) is 6.92 Å². The normalized spacial score (nSPS) is 31.7. The van der Waals surface area contributed by atoms with Crippen LogP contribution in [0.3, 0.4) is 0 Å². The number of alkyl halides is 3. The van der Waals surface area contributed by atoms with Gasteiger partial charge in [-0.1, -0.05) is 6.92 Å². The molecular formula is C14H25F3N2. The molecule has 1 heterocycles. The summed E-state index contributed by atoms with van der Waals surface area (Å²) in [6.45, 7) is 8.40. The molecule has 5 heteroatoms. The van der Waals surface area contributed by atoms with Crippen molar-refractivity contribution in [3.63, 3.8) is 0 Å². The van der Waals surface area contributed by atoms with Gasteiger partial charge in [-0.25, -0.2) is 0 Å². The Morgan fingerprint density at radius 1 is 1.32 bits per heavy atom. The molecule has 1 aliphatic carbocycles. The van der Waals surface area contributed by atoms with Crippen molar-refractivity contribution in [2.45, 2.75) is 58.3 Å². The number of nitrogens with one attached hydrogen (secondary N) is 1. The minimum absolute atomic E-state index is 0.0730. The highest BCUT2D eigenvalue weighted by molar-refractivity contribution is 5.03. The van der Waals surface area contributed by atoms with E-state index in [2.05, 4.69) is 24.1 Å². The summed E-state index contributed by atoms with van der Waals surface area (Å²) in [5.74, 6) is -1.17. The SMILES string of the molecule is CCNC1CCC2(CC1C(F)(F)F)CN(C(C)C)C2. The molecule has 0 radical (unpaired) electrons. The lowest BCUT2D eigenvalue weighted by molar-refractivity contribution is -0.211. The van der Waals surface area contributed by atoms with E-state index in [9.17, 15) is 13.2 Å². The van der Waals surface area contributed by atoms with Gasteiger partial charge in [0.05, 0.1) is 5.92 Å². The topological polar surface area (TPSA) is 15.3 Å². The molecule has 0 aromatic heterocycles. The summed E-state index contributed by atoms with van der Waals surface area (Å²) in [6, 6.07) is 0.0603. The molecule has 1 saturated carbocycles. The number of halogens is 3. The largest absolute Gasteiger partial charge is 0.393 e. The standard InChI is InChI=1S/C14H25F3N2/c1-4-18-12-5-6-13(7-11(12)14(15,16)17)8-19(9-13)10(2)3/h10-12,18H,4-9H2,1-3H3. The Morgan fingerprint density at radius 3 is 2.42 bits per heavy atom. The number of nitrogens with zero attached hydrogens (tertiary/aromatic N) is 1. The average molecular weight is 278 g/mol. The fourth-order valence-corrected chi connectivity index (χ4v) is 3.69. The lowest BCUT2D eigenvalue weighted by Crippen LogP contribution is -2.63. The Kier molecular flexibility index (Phi) is 4.17. The van der Waals surface area contributed by atoms with E-state index in [4.69, 9.17) is 0 Å². The van der Waals surface area contributed by atoms with Crippen LogP contribution in [0.15, 0.2) is 0 Å². The van der Waals surface area contributed by atoms with Crippen LogP contribution in [0.25, 0.3) is 0 Å². The van der Waals surface area contributed by atoms with Gasteiger partial charge in [0.15, 0.2) is 0 Å². The van der Waals surface area contributed by atoms with Gasteiger partial charge in [-0.05, 0) is 45.1 Å². The molecule has 1 spiro atoms. The molecule has 1 saturated heterocycles. The summed E-state index contributed by atoms with van der Waals surface area (Å²) >= 11 is 0. The molecule has 1 aliphatic heterocycles. The van der Waals surface area contributed by atoms with Crippen molar-refractivity contribution < 1.29 is 13.2 Å². The van der Waals surface area contributed by atoms with Crippen LogP contribution >= 0.6 is 0 Å². The summed E-state index contributed by atoms with van der Waals surface area (Å²) in [5, 5.41) is 3.03. The number of hydrogen-bond acceptors (Lipinski definition) is 2. The van der Waals surface area contributed by atoms with Gasteiger partial charge in [-0.3, -0.25) is 4.90 Å². The van der Waals surface area contributed by atoms with Gasteiger partial charge < -0.3 is 5.32 Å². The molecule has 2 unspecified atom stereocenters. The van der Waals surface area contributed by atoms with Crippen LogP contribution in [0.4, 0.5) is 13.2 Å². The Balaban J connectivity index is 2.02. The third-order valence-electron chi connectivity index (χ3n) is 4.82. The Morgan fingerprint density at radius 2 is 1.95 bits per heavy atom. The molecule has 2 nitrogen and oxygen atoms in total. The highest BCUT2D eigenvalue weighted by atomic mass is 19.4. The molecule has 2 atom stereocenters. The van der Waals surface area contributed by atoms with Gasteiger partial charge in [-0.2, -0.15) is 13.2 Å². The minimum Gasteiger partial charge on any atom is -0.314 e. The maximum absolute atomic E-state index is 13.2. The first-order valence-electron chi connectivity index (χ1n) is 7.31. The minimum atomic E-state index is -4.07. The summed E-state index contributed by atoms with van der Waals surface area (Å²) in [4.78, 5) is 2.28. The zero-order valence-electron chi connectivity index (χ0n) is 12.1. The van der Waals surface area contributed by atoms with Crippen molar-refractivity contribution in [1.82, 2.24) is 10.2 Å². The van der Waals surface area contributed by atoms with Crippen molar-refractivity contribution in [1.29, 1.82) is 0 Å². The molecule has 1 N–H and O–H groups in total. The van der Waals surface area contributed by atoms with Crippen LogP contribution in [0, 0.1) is 11.3 Å². The molecule has 112 valence electrons. The fraction of sp³-hybridized carbons (Fsp3) is 1.00. The average Bonchev–Trinajstić information content (AvgIpc) is 2.25. The maximum Gasteiger partial charge on any atom is 0.393 e. The van der Waals surface area contributed by atoms with Gasteiger partial charge in [0, 0.05) is 25.2 Å². The highest BCUT2D eigenvalue weighted by Gasteiger charge is 2.55. The second-order valence-corrected chi connectivity index (χ2v) is 6.55. The van der Waals surface area contributed by atoms with Crippen molar-refractivity contribution in [2.24, 2.45) is 11.3 Å². The molecule has 0 aromatic carbocycles. The van der Waals surface area contributed by atoms with E-state index < -0.39 is 12.1 Å². The Hall–Kier alpha value is -0.290. The fourth-order valence-electron chi connectivity index (χ4n) is 3.69. The van der Waals surface area contributed by atoms with E-state index in [-0.39, 0.29) is 11.5 Å². The van der Waals surface area contributed by atoms with Crippen molar-refractivity contribution in [2.75, 3.05) is 19.6 Å². The molecule has 19 heavy (non-hydrogen) atoms. The molecule has 0 amide bonds. The zero-order valence-corrected chi connectivity index (χ0v) is 12.1. The van der Waals surface area contributed by atoms with E-state index in [0.29, 0.717) is 25.4 Å². The number of likely N-dealkylation sites (tertiary alicyclic amines) is 1. The molecule has 2 fully saturated rings. The van der Waals surface area contributed by atoms with Crippen LogP contribution in [0.1, 0.15) is 40.0 Å². The van der Waals surface area contributed by atoms with Gasteiger partial charge in [0.1, 0.15) is 0 Å². The number of rotatable bonds is 3. The molecular weight excluding hydrogens is 253 g/mol. The highest BCUT2D eigenvalue weighted by Crippen LogP contribution is 2.50. The van der Waals surface area contributed by atoms with Crippen molar-refractivity contribution in [3.05, 3.63) is 0 Å². The lowest BCUT2D eigenvalue weighted by atomic mass is 9.63. The van der Waals surface area contributed by atoms with Crippen LogP contribution < -0.4 is 5.32 Å². The van der Waals surface area contributed by atoms with E-state index in [1.165, 1.54) is 0 Å². The predicted octanol–water partition coefficient (Wildman–Crippen LogP) is 3.04. The van der Waals surface area contributed by atoms with Crippen molar-refractivity contribution >= 4 is 0 Å². The summed E-state index contributed by atoms with van der Waals surface area (Å²) < 4.78 is 39.7. The molecule has 0 bridgehead atoms. The first-order chi connectivity index (χ1) is 8.77. The monoisotopic (exact) mass is 278 g/mol. The summed E-state index contributed by atoms with van der Waals surface area (Å²) in [6.07, 6.45) is -2.18. The van der Waals surface area contributed by atoms with Gasteiger partial charge >= 0.3 is 6.18 Å². The second-order valence-electron chi connectivity index (χ2n) is 6.55. The Bertz CT molecular complexity index is 308. The maximum atomic E-state index is 13.2. The number of hydrogen-bond donors (Lipinski definition) is 1. The Labute approximate surface area is 113 Å². The first kappa shape index (κ1) is 15.1.